The van der Waals surface area contributed by atoms with E-state index < -0.39 is 15.3 Å². The Kier molecular flexibility index (Phi) is 5.62. The summed E-state index contributed by atoms with van der Waals surface area (Å²) in [4.78, 5) is 0. The average Bonchev–Trinajstić information content (AvgIpc) is 2.06. The van der Waals surface area contributed by atoms with Crippen LogP contribution in [0.2, 0.25) is 0 Å². The van der Waals surface area contributed by atoms with E-state index in [1.807, 2.05) is 0 Å². The van der Waals surface area contributed by atoms with Crippen molar-refractivity contribution in [3.63, 3.8) is 0 Å². The largest absolute Gasteiger partial charge is 0.318 e. The maximum absolute atomic E-state index is 11.3. The van der Waals surface area contributed by atoms with Crippen LogP contribution in [0.1, 0.15) is 13.3 Å². The number of nitrogens with one attached hydrogen (secondary N) is 2. The summed E-state index contributed by atoms with van der Waals surface area (Å²) in [5.41, 5.74) is 0. The second kappa shape index (κ2) is 5.91. The third kappa shape index (κ3) is 4.22. The number of nitriles is 1. The van der Waals surface area contributed by atoms with Crippen molar-refractivity contribution in [3.8, 4) is 6.07 Å². The Morgan fingerprint density at radius 1 is 1.46 bits per heavy atom. The van der Waals surface area contributed by atoms with Gasteiger partial charge >= 0.3 is 0 Å². The molecule has 0 aromatic rings. The van der Waals surface area contributed by atoms with Gasteiger partial charge in [0, 0.05) is 13.1 Å². The molecule has 0 fully saturated rings. The van der Waals surface area contributed by atoms with Crippen LogP contribution in [0.3, 0.4) is 0 Å². The van der Waals surface area contributed by atoms with Crippen molar-refractivity contribution in [2.45, 2.75) is 18.6 Å². The smallest absolute Gasteiger partial charge is 0.228 e. The summed E-state index contributed by atoms with van der Waals surface area (Å²) < 4.78 is 25.0. The lowest BCUT2D eigenvalue weighted by molar-refractivity contribution is 0.570. The lowest BCUT2D eigenvalue weighted by atomic mass is 10.4. The quantitative estimate of drug-likeness (QED) is 0.569. The molecule has 1 atom stereocenters. The van der Waals surface area contributed by atoms with E-state index in [1.54, 1.807) is 20.0 Å². The van der Waals surface area contributed by atoms with Crippen molar-refractivity contribution in [2.75, 3.05) is 20.1 Å². The molecule has 0 aromatic heterocycles. The van der Waals surface area contributed by atoms with Gasteiger partial charge in [0.1, 0.15) is 0 Å². The summed E-state index contributed by atoms with van der Waals surface area (Å²) in [6.07, 6.45) is 0.311. The summed E-state index contributed by atoms with van der Waals surface area (Å²) >= 11 is 0. The Bertz CT molecular complexity index is 268. The van der Waals surface area contributed by atoms with E-state index in [0.29, 0.717) is 19.5 Å². The lowest BCUT2D eigenvalue weighted by Crippen LogP contribution is -2.36. The minimum absolute atomic E-state index is 0.311. The van der Waals surface area contributed by atoms with E-state index in [2.05, 4.69) is 10.0 Å². The molecule has 0 aliphatic heterocycles. The highest BCUT2D eigenvalue weighted by molar-refractivity contribution is 7.90. The Morgan fingerprint density at radius 2 is 2.08 bits per heavy atom. The number of hydrogen-bond acceptors (Lipinski definition) is 4. The zero-order valence-corrected chi connectivity index (χ0v) is 8.69. The number of nitrogens with zero attached hydrogens (tertiary/aromatic N) is 1. The van der Waals surface area contributed by atoms with E-state index in [4.69, 9.17) is 5.26 Å². The standard InChI is InChI=1S/C7H15N3O2S/c1-3-7(6-8)13(11,12)10-5-4-9-2/h7,9-10H,3-5H2,1-2H3. The van der Waals surface area contributed by atoms with Crippen LogP contribution in [0, 0.1) is 11.3 Å². The first-order valence-electron chi connectivity index (χ1n) is 4.11. The van der Waals surface area contributed by atoms with Crippen LogP contribution in [0.4, 0.5) is 0 Å². The molecular weight excluding hydrogens is 190 g/mol. The first kappa shape index (κ1) is 12.4. The molecule has 0 aliphatic carbocycles. The zero-order chi connectivity index (χ0) is 10.3. The van der Waals surface area contributed by atoms with Gasteiger partial charge in [-0.2, -0.15) is 5.26 Å². The highest BCUT2D eigenvalue weighted by Crippen LogP contribution is 2.01. The molecule has 1 unspecified atom stereocenters. The van der Waals surface area contributed by atoms with Gasteiger partial charge in [0.05, 0.1) is 6.07 Å². The molecule has 76 valence electrons. The highest BCUT2D eigenvalue weighted by atomic mass is 32.2. The fourth-order valence-corrected chi connectivity index (χ4v) is 1.96. The van der Waals surface area contributed by atoms with Crippen molar-refractivity contribution in [1.29, 1.82) is 5.26 Å². The molecule has 2 N–H and O–H groups in total. The zero-order valence-electron chi connectivity index (χ0n) is 7.87. The van der Waals surface area contributed by atoms with E-state index in [1.165, 1.54) is 0 Å². The van der Waals surface area contributed by atoms with E-state index in [9.17, 15) is 8.42 Å². The van der Waals surface area contributed by atoms with Crippen LogP contribution in [0.25, 0.3) is 0 Å². The van der Waals surface area contributed by atoms with Crippen LogP contribution in [-0.2, 0) is 10.0 Å². The van der Waals surface area contributed by atoms with Crippen LogP contribution >= 0.6 is 0 Å². The third-order valence-corrected chi connectivity index (χ3v) is 3.36. The fourth-order valence-electron chi connectivity index (χ4n) is 0.799. The minimum Gasteiger partial charge on any atom is -0.318 e. The van der Waals surface area contributed by atoms with Gasteiger partial charge in [-0.05, 0) is 13.5 Å². The third-order valence-electron chi connectivity index (χ3n) is 1.57. The summed E-state index contributed by atoms with van der Waals surface area (Å²) in [6.45, 7) is 2.54. The summed E-state index contributed by atoms with van der Waals surface area (Å²) in [7, 11) is -1.71. The van der Waals surface area contributed by atoms with Gasteiger partial charge in [-0.1, -0.05) is 6.92 Å². The maximum Gasteiger partial charge on any atom is 0.228 e. The molecule has 0 heterocycles. The molecule has 0 aliphatic rings. The first-order chi connectivity index (χ1) is 6.08. The molecule has 0 rings (SSSR count). The van der Waals surface area contributed by atoms with Crippen molar-refractivity contribution < 1.29 is 8.42 Å². The number of sulfonamides is 1. The minimum atomic E-state index is -3.45. The van der Waals surface area contributed by atoms with E-state index in [-0.39, 0.29) is 0 Å². The first-order valence-corrected chi connectivity index (χ1v) is 5.65. The molecule has 0 radical (unpaired) electrons. The summed E-state index contributed by atoms with van der Waals surface area (Å²) in [5.74, 6) is 0. The second-order valence-corrected chi connectivity index (χ2v) is 4.52. The SMILES string of the molecule is CCC(C#N)S(=O)(=O)NCCNC. The normalized spacial score (nSPS) is 13.6. The molecule has 0 amide bonds. The Balaban J connectivity index is 4.16. The summed E-state index contributed by atoms with van der Waals surface area (Å²) in [6, 6.07) is 1.75. The predicted octanol–water partition coefficient (Wildman–Crippen LogP) is -0.573. The average molecular weight is 205 g/mol. The number of rotatable bonds is 6. The molecule has 6 heteroatoms. The van der Waals surface area contributed by atoms with Crippen LogP contribution in [0.15, 0.2) is 0 Å². The van der Waals surface area contributed by atoms with Crippen molar-refractivity contribution in [1.82, 2.24) is 10.0 Å². The summed E-state index contributed by atoms with van der Waals surface area (Å²) in [5, 5.41) is 10.4. The van der Waals surface area contributed by atoms with Gasteiger partial charge in [-0.3, -0.25) is 0 Å². The Hall–Kier alpha value is -0.640. The van der Waals surface area contributed by atoms with Crippen molar-refractivity contribution in [3.05, 3.63) is 0 Å². The highest BCUT2D eigenvalue weighted by Gasteiger charge is 2.21. The van der Waals surface area contributed by atoms with Gasteiger partial charge in [-0.25, -0.2) is 13.1 Å². The molecule has 0 bridgehead atoms. The van der Waals surface area contributed by atoms with E-state index in [0.717, 1.165) is 0 Å². The molecule has 0 spiro atoms. The van der Waals surface area contributed by atoms with Crippen LogP contribution in [-0.4, -0.2) is 33.8 Å². The van der Waals surface area contributed by atoms with Crippen LogP contribution in [0.5, 0.6) is 0 Å². The van der Waals surface area contributed by atoms with Crippen LogP contribution < -0.4 is 10.0 Å². The Labute approximate surface area is 79.2 Å². The molecule has 0 saturated carbocycles. The second-order valence-electron chi connectivity index (χ2n) is 2.57. The predicted molar refractivity (Wildman–Crippen MR) is 50.5 cm³/mol. The molecule has 0 aromatic carbocycles. The fraction of sp³-hybridized carbons (Fsp3) is 0.857. The Morgan fingerprint density at radius 3 is 2.46 bits per heavy atom. The molecule has 13 heavy (non-hydrogen) atoms. The van der Waals surface area contributed by atoms with Crippen molar-refractivity contribution in [2.24, 2.45) is 0 Å². The molecule has 5 nitrogen and oxygen atoms in total. The van der Waals surface area contributed by atoms with Gasteiger partial charge in [0.15, 0.2) is 5.25 Å². The lowest BCUT2D eigenvalue weighted by Gasteiger charge is -2.09. The number of likely N-dealkylation sites (N-methyl/N-ethyl adjacent to an activating group) is 1. The van der Waals surface area contributed by atoms with Gasteiger partial charge in [-0.15, -0.1) is 0 Å². The number of hydrogen-bond donors (Lipinski definition) is 2. The van der Waals surface area contributed by atoms with Gasteiger partial charge in [0.2, 0.25) is 10.0 Å². The maximum atomic E-state index is 11.3. The monoisotopic (exact) mass is 205 g/mol. The van der Waals surface area contributed by atoms with Crippen molar-refractivity contribution >= 4 is 10.0 Å². The topological polar surface area (TPSA) is 82.0 Å². The van der Waals surface area contributed by atoms with Gasteiger partial charge in [0.25, 0.3) is 0 Å². The molecule has 0 saturated heterocycles. The molecular formula is C7H15N3O2S. The van der Waals surface area contributed by atoms with Gasteiger partial charge < -0.3 is 5.32 Å². The van der Waals surface area contributed by atoms with E-state index >= 15 is 0 Å².